The molecule has 1 aromatic carbocycles. The van der Waals surface area contributed by atoms with Crippen LogP contribution in [0.25, 0.3) is 0 Å². The molecular formula is C14H14BrCl2N3O. The smallest absolute Gasteiger partial charge is 0.251 e. The summed E-state index contributed by atoms with van der Waals surface area (Å²) in [6.07, 6.45) is 0.719. The standard InChI is InChI=1S/C14H14BrCl2N3O/c1-9-12(16)13(17)20(19-9)7-3-6-18-14(21)10-4-2-5-11(15)8-10/h2,4-5,8H,3,6-7H2,1H3,(H,18,21). The van der Waals surface area contributed by atoms with Gasteiger partial charge in [-0.1, -0.05) is 45.2 Å². The SMILES string of the molecule is Cc1nn(CCCNC(=O)c2cccc(Br)c2)c(Cl)c1Cl. The Morgan fingerprint density at radius 1 is 1.43 bits per heavy atom. The number of rotatable bonds is 5. The molecule has 4 nitrogen and oxygen atoms in total. The number of halogens is 3. The van der Waals surface area contributed by atoms with Crippen LogP contribution in [0, 0.1) is 6.92 Å². The van der Waals surface area contributed by atoms with E-state index in [0.717, 1.165) is 10.9 Å². The quantitative estimate of drug-likeness (QED) is 0.781. The molecule has 0 bridgehead atoms. The minimum absolute atomic E-state index is 0.0999. The zero-order chi connectivity index (χ0) is 15.4. The molecule has 0 spiro atoms. The number of benzene rings is 1. The Morgan fingerprint density at radius 3 is 2.81 bits per heavy atom. The summed E-state index contributed by atoms with van der Waals surface area (Å²) < 4.78 is 2.52. The number of carbonyl (C=O) groups excluding carboxylic acids is 1. The molecule has 0 fully saturated rings. The fourth-order valence-electron chi connectivity index (χ4n) is 1.84. The third-order valence-corrected chi connectivity index (χ3v) is 4.34. The molecule has 2 aromatic rings. The van der Waals surface area contributed by atoms with E-state index >= 15 is 0 Å². The lowest BCUT2D eigenvalue weighted by atomic mass is 10.2. The minimum atomic E-state index is -0.0999. The Morgan fingerprint density at radius 2 is 2.19 bits per heavy atom. The van der Waals surface area contributed by atoms with Crippen LogP contribution in [0.5, 0.6) is 0 Å². The predicted molar refractivity (Wildman–Crippen MR) is 88.1 cm³/mol. The van der Waals surface area contributed by atoms with E-state index in [4.69, 9.17) is 23.2 Å². The van der Waals surface area contributed by atoms with Crippen molar-refractivity contribution in [2.75, 3.05) is 6.54 Å². The molecule has 0 saturated heterocycles. The van der Waals surface area contributed by atoms with Crippen molar-refractivity contribution in [3.63, 3.8) is 0 Å². The van der Waals surface area contributed by atoms with Crippen molar-refractivity contribution in [2.45, 2.75) is 19.9 Å². The molecule has 0 aliphatic carbocycles. The lowest BCUT2D eigenvalue weighted by Crippen LogP contribution is -2.25. The average molecular weight is 391 g/mol. The van der Waals surface area contributed by atoms with Gasteiger partial charge in [-0.3, -0.25) is 9.48 Å². The molecule has 1 aromatic heterocycles. The van der Waals surface area contributed by atoms with Gasteiger partial charge in [-0.2, -0.15) is 5.10 Å². The first-order valence-corrected chi connectivity index (χ1v) is 7.96. The molecule has 0 radical (unpaired) electrons. The monoisotopic (exact) mass is 389 g/mol. The third-order valence-electron chi connectivity index (χ3n) is 2.92. The van der Waals surface area contributed by atoms with Crippen molar-refractivity contribution >= 4 is 45.0 Å². The van der Waals surface area contributed by atoms with Crippen LogP contribution in [-0.4, -0.2) is 22.2 Å². The van der Waals surface area contributed by atoms with Gasteiger partial charge in [0.15, 0.2) is 0 Å². The fourth-order valence-corrected chi connectivity index (χ4v) is 2.64. The van der Waals surface area contributed by atoms with Crippen LogP contribution < -0.4 is 5.32 Å². The first kappa shape index (κ1) is 16.3. The van der Waals surface area contributed by atoms with Gasteiger partial charge in [0.2, 0.25) is 0 Å². The molecule has 0 aliphatic heterocycles. The minimum Gasteiger partial charge on any atom is -0.352 e. The van der Waals surface area contributed by atoms with Crippen LogP contribution in [0.3, 0.4) is 0 Å². The fraction of sp³-hybridized carbons (Fsp3) is 0.286. The van der Waals surface area contributed by atoms with Crippen molar-refractivity contribution in [2.24, 2.45) is 0 Å². The maximum absolute atomic E-state index is 11.9. The molecule has 1 amide bonds. The van der Waals surface area contributed by atoms with Gasteiger partial charge >= 0.3 is 0 Å². The van der Waals surface area contributed by atoms with Gasteiger partial charge in [0.05, 0.1) is 5.69 Å². The largest absolute Gasteiger partial charge is 0.352 e. The van der Waals surface area contributed by atoms with Gasteiger partial charge in [0.25, 0.3) is 5.91 Å². The van der Waals surface area contributed by atoms with E-state index < -0.39 is 0 Å². The van der Waals surface area contributed by atoms with Crippen molar-refractivity contribution in [1.29, 1.82) is 0 Å². The molecular weight excluding hydrogens is 377 g/mol. The number of hydrogen-bond acceptors (Lipinski definition) is 2. The zero-order valence-corrected chi connectivity index (χ0v) is 14.5. The number of nitrogens with one attached hydrogen (secondary N) is 1. The van der Waals surface area contributed by atoms with Crippen LogP contribution in [-0.2, 0) is 6.54 Å². The summed E-state index contributed by atoms with van der Waals surface area (Å²) in [5.74, 6) is -0.0999. The summed E-state index contributed by atoms with van der Waals surface area (Å²) in [5, 5.41) is 8.01. The topological polar surface area (TPSA) is 46.9 Å². The van der Waals surface area contributed by atoms with Crippen molar-refractivity contribution in [1.82, 2.24) is 15.1 Å². The second-order valence-electron chi connectivity index (χ2n) is 4.53. The first-order valence-electron chi connectivity index (χ1n) is 6.41. The molecule has 7 heteroatoms. The summed E-state index contributed by atoms with van der Waals surface area (Å²) >= 11 is 15.4. The summed E-state index contributed by atoms with van der Waals surface area (Å²) in [6, 6.07) is 7.26. The van der Waals surface area contributed by atoms with Crippen LogP contribution in [0.15, 0.2) is 28.7 Å². The van der Waals surface area contributed by atoms with E-state index in [0.29, 0.717) is 34.5 Å². The predicted octanol–water partition coefficient (Wildman–Crippen LogP) is 4.08. The van der Waals surface area contributed by atoms with Gasteiger partial charge in [-0.05, 0) is 31.5 Å². The lowest BCUT2D eigenvalue weighted by molar-refractivity contribution is 0.0952. The van der Waals surface area contributed by atoms with Crippen LogP contribution in [0.4, 0.5) is 0 Å². The Kier molecular flexibility index (Phi) is 5.67. The van der Waals surface area contributed by atoms with Crippen molar-refractivity contribution in [3.8, 4) is 0 Å². The summed E-state index contributed by atoms with van der Waals surface area (Å²) in [4.78, 5) is 11.9. The highest BCUT2D eigenvalue weighted by Gasteiger charge is 2.10. The Labute approximate surface area is 141 Å². The maximum Gasteiger partial charge on any atom is 0.251 e. The first-order chi connectivity index (χ1) is 9.99. The van der Waals surface area contributed by atoms with Gasteiger partial charge < -0.3 is 5.32 Å². The van der Waals surface area contributed by atoms with E-state index in [1.54, 1.807) is 23.7 Å². The Bertz CT molecular complexity index is 658. The highest BCUT2D eigenvalue weighted by Crippen LogP contribution is 2.24. The zero-order valence-electron chi connectivity index (χ0n) is 11.4. The van der Waals surface area contributed by atoms with Crippen LogP contribution in [0.1, 0.15) is 22.5 Å². The number of amides is 1. The van der Waals surface area contributed by atoms with Gasteiger partial charge in [-0.15, -0.1) is 0 Å². The third kappa shape index (κ3) is 4.22. The highest BCUT2D eigenvalue weighted by molar-refractivity contribution is 9.10. The summed E-state index contributed by atoms with van der Waals surface area (Å²) in [7, 11) is 0. The number of aryl methyl sites for hydroxylation is 2. The van der Waals surface area contributed by atoms with Crippen molar-refractivity contribution in [3.05, 3.63) is 50.2 Å². The number of nitrogens with zero attached hydrogens (tertiary/aromatic N) is 2. The highest BCUT2D eigenvalue weighted by atomic mass is 79.9. The van der Waals surface area contributed by atoms with E-state index in [1.807, 2.05) is 12.1 Å². The normalized spacial score (nSPS) is 10.7. The number of carbonyl (C=O) groups is 1. The Hall–Kier alpha value is -1.04. The molecule has 2 rings (SSSR count). The molecule has 1 N–H and O–H groups in total. The molecule has 0 aliphatic rings. The van der Waals surface area contributed by atoms with Crippen LogP contribution >= 0.6 is 39.1 Å². The Balaban J connectivity index is 1.82. The molecule has 21 heavy (non-hydrogen) atoms. The maximum atomic E-state index is 11.9. The van der Waals surface area contributed by atoms with E-state index in [-0.39, 0.29) is 5.91 Å². The number of hydrogen-bond donors (Lipinski definition) is 1. The molecule has 0 saturated carbocycles. The van der Waals surface area contributed by atoms with E-state index in [9.17, 15) is 4.79 Å². The van der Waals surface area contributed by atoms with Gasteiger partial charge in [0, 0.05) is 23.1 Å². The summed E-state index contributed by atoms with van der Waals surface area (Å²) in [5.41, 5.74) is 1.33. The second kappa shape index (κ2) is 7.29. The molecule has 1 heterocycles. The van der Waals surface area contributed by atoms with E-state index in [1.165, 1.54) is 0 Å². The lowest BCUT2D eigenvalue weighted by Gasteiger charge is -2.06. The van der Waals surface area contributed by atoms with Crippen LogP contribution in [0.2, 0.25) is 10.2 Å². The average Bonchev–Trinajstić information content (AvgIpc) is 2.71. The molecule has 0 atom stereocenters. The van der Waals surface area contributed by atoms with Gasteiger partial charge in [-0.25, -0.2) is 0 Å². The number of aromatic nitrogens is 2. The van der Waals surface area contributed by atoms with Gasteiger partial charge in [0.1, 0.15) is 10.2 Å². The van der Waals surface area contributed by atoms with E-state index in [2.05, 4.69) is 26.3 Å². The summed E-state index contributed by atoms with van der Waals surface area (Å²) in [6.45, 7) is 2.95. The molecule has 0 unspecified atom stereocenters. The molecule has 112 valence electrons. The van der Waals surface area contributed by atoms with Crippen molar-refractivity contribution < 1.29 is 4.79 Å². The second-order valence-corrected chi connectivity index (χ2v) is 6.18.